The maximum atomic E-state index is 12.1. The van der Waals surface area contributed by atoms with E-state index in [-0.39, 0.29) is 17.7 Å². The van der Waals surface area contributed by atoms with Gasteiger partial charge >= 0.3 is 0 Å². The predicted molar refractivity (Wildman–Crippen MR) is 111 cm³/mol. The summed E-state index contributed by atoms with van der Waals surface area (Å²) in [7, 11) is 0. The zero-order valence-corrected chi connectivity index (χ0v) is 17.9. The molecule has 2 atom stereocenters. The Morgan fingerprint density at radius 2 is 2.00 bits per heavy atom. The SMILES string of the molecule is Cc1cc(-c2cnc(C(C)C)nc2C2CCC(CNC(=O)[C@H]3C[C@H]3C)CC2)on1. The van der Waals surface area contributed by atoms with E-state index >= 15 is 0 Å². The van der Waals surface area contributed by atoms with Crippen LogP contribution in [-0.4, -0.2) is 27.6 Å². The molecule has 2 aliphatic carbocycles. The molecule has 0 spiro atoms. The van der Waals surface area contributed by atoms with Gasteiger partial charge in [-0.15, -0.1) is 0 Å². The van der Waals surface area contributed by atoms with Gasteiger partial charge in [-0.3, -0.25) is 4.79 Å². The minimum Gasteiger partial charge on any atom is -0.356 e. The summed E-state index contributed by atoms with van der Waals surface area (Å²) in [5.74, 6) is 3.95. The molecule has 0 saturated heterocycles. The molecule has 0 bridgehead atoms. The Morgan fingerprint density at radius 1 is 1.28 bits per heavy atom. The van der Waals surface area contributed by atoms with Crippen molar-refractivity contribution in [1.29, 1.82) is 0 Å². The van der Waals surface area contributed by atoms with Gasteiger partial charge in [0.1, 0.15) is 5.82 Å². The molecular weight excluding hydrogens is 364 g/mol. The van der Waals surface area contributed by atoms with Gasteiger partial charge in [-0.25, -0.2) is 9.97 Å². The number of carbonyl (C=O) groups excluding carboxylic acids is 1. The third-order valence-electron chi connectivity index (χ3n) is 6.49. The molecule has 0 unspecified atom stereocenters. The van der Waals surface area contributed by atoms with Crippen molar-refractivity contribution in [2.75, 3.05) is 6.54 Å². The van der Waals surface area contributed by atoms with E-state index in [0.29, 0.717) is 17.8 Å². The molecule has 0 radical (unpaired) electrons. The summed E-state index contributed by atoms with van der Waals surface area (Å²) in [4.78, 5) is 21.6. The van der Waals surface area contributed by atoms with Gasteiger partial charge in [-0.1, -0.05) is 25.9 Å². The second-order valence-electron chi connectivity index (χ2n) is 9.30. The first-order valence-corrected chi connectivity index (χ1v) is 11.0. The average Bonchev–Trinajstić information content (AvgIpc) is 3.30. The van der Waals surface area contributed by atoms with E-state index in [1.165, 1.54) is 0 Å². The Morgan fingerprint density at radius 3 is 2.59 bits per heavy atom. The van der Waals surface area contributed by atoms with Crippen molar-refractivity contribution in [1.82, 2.24) is 20.4 Å². The van der Waals surface area contributed by atoms with Gasteiger partial charge in [0, 0.05) is 36.6 Å². The van der Waals surface area contributed by atoms with Gasteiger partial charge in [0.25, 0.3) is 0 Å². The zero-order valence-electron chi connectivity index (χ0n) is 17.9. The molecule has 29 heavy (non-hydrogen) atoms. The van der Waals surface area contributed by atoms with Gasteiger partial charge < -0.3 is 9.84 Å². The molecule has 2 aliphatic rings. The summed E-state index contributed by atoms with van der Waals surface area (Å²) >= 11 is 0. The molecule has 6 nitrogen and oxygen atoms in total. The minimum absolute atomic E-state index is 0.250. The van der Waals surface area contributed by atoms with E-state index in [9.17, 15) is 4.79 Å². The highest BCUT2D eigenvalue weighted by atomic mass is 16.5. The van der Waals surface area contributed by atoms with Gasteiger partial charge in [-0.05, 0) is 50.9 Å². The highest BCUT2D eigenvalue weighted by Gasteiger charge is 2.39. The van der Waals surface area contributed by atoms with Gasteiger partial charge in [0.05, 0.1) is 17.0 Å². The number of aryl methyl sites for hydroxylation is 1. The van der Waals surface area contributed by atoms with Gasteiger partial charge in [-0.2, -0.15) is 0 Å². The summed E-state index contributed by atoms with van der Waals surface area (Å²) in [6, 6.07) is 1.96. The van der Waals surface area contributed by atoms with E-state index in [2.05, 4.69) is 36.2 Å². The van der Waals surface area contributed by atoms with Crippen LogP contribution < -0.4 is 5.32 Å². The zero-order chi connectivity index (χ0) is 20.5. The molecule has 1 N–H and O–H groups in total. The van der Waals surface area contributed by atoms with Crippen molar-refractivity contribution in [2.45, 2.75) is 71.6 Å². The summed E-state index contributed by atoms with van der Waals surface area (Å²) < 4.78 is 5.53. The van der Waals surface area contributed by atoms with Crippen molar-refractivity contribution in [2.24, 2.45) is 17.8 Å². The molecule has 0 aromatic carbocycles. The summed E-state index contributed by atoms with van der Waals surface area (Å²) in [5, 5.41) is 7.22. The first kappa shape index (κ1) is 20.0. The monoisotopic (exact) mass is 396 g/mol. The van der Waals surface area contributed by atoms with E-state index in [1.54, 1.807) is 0 Å². The largest absolute Gasteiger partial charge is 0.356 e. The van der Waals surface area contributed by atoms with E-state index in [1.807, 2.05) is 19.2 Å². The highest BCUT2D eigenvalue weighted by Crippen LogP contribution is 2.40. The van der Waals surface area contributed by atoms with E-state index in [0.717, 1.165) is 67.2 Å². The number of rotatable bonds is 6. The first-order chi connectivity index (χ1) is 13.9. The Bertz CT molecular complexity index is 868. The molecule has 4 rings (SSSR count). The third kappa shape index (κ3) is 4.51. The number of hydrogen-bond acceptors (Lipinski definition) is 5. The van der Waals surface area contributed by atoms with Crippen LogP contribution in [0.1, 0.15) is 81.9 Å². The number of amides is 1. The lowest BCUT2D eigenvalue weighted by molar-refractivity contribution is -0.122. The maximum Gasteiger partial charge on any atom is 0.223 e. The van der Waals surface area contributed by atoms with Crippen LogP contribution in [0.5, 0.6) is 0 Å². The van der Waals surface area contributed by atoms with Crippen molar-refractivity contribution in [3.8, 4) is 11.3 Å². The number of nitrogens with zero attached hydrogens (tertiary/aromatic N) is 3. The summed E-state index contributed by atoms with van der Waals surface area (Å²) in [6.45, 7) is 9.13. The molecule has 0 aliphatic heterocycles. The quantitative estimate of drug-likeness (QED) is 0.771. The Kier molecular flexibility index (Phi) is 5.70. The second kappa shape index (κ2) is 8.25. The standard InChI is InChI=1S/C23H32N4O2/c1-13(2)22-24-12-19(20-10-15(4)27-29-20)21(26-22)17-7-5-16(6-8-17)11-25-23(28)18-9-14(18)3/h10,12-14,16-18H,5-9,11H2,1-4H3,(H,25,28)/t14-,16?,17?,18+/m1/s1. The van der Waals surface area contributed by atoms with Crippen LogP contribution in [0.2, 0.25) is 0 Å². The lowest BCUT2D eigenvalue weighted by atomic mass is 9.79. The first-order valence-electron chi connectivity index (χ1n) is 11.0. The van der Waals surface area contributed by atoms with Crippen LogP contribution in [0.3, 0.4) is 0 Å². The molecule has 2 saturated carbocycles. The molecule has 1 amide bonds. The van der Waals surface area contributed by atoms with Gasteiger partial charge in [0.2, 0.25) is 5.91 Å². The highest BCUT2D eigenvalue weighted by molar-refractivity contribution is 5.81. The fourth-order valence-corrected chi connectivity index (χ4v) is 4.38. The van der Waals surface area contributed by atoms with Crippen LogP contribution in [-0.2, 0) is 4.79 Å². The molecule has 2 heterocycles. The average molecular weight is 397 g/mol. The third-order valence-corrected chi connectivity index (χ3v) is 6.49. The van der Waals surface area contributed by atoms with E-state index in [4.69, 9.17) is 9.51 Å². The van der Waals surface area contributed by atoms with Crippen molar-refractivity contribution in [3.63, 3.8) is 0 Å². The summed E-state index contributed by atoms with van der Waals surface area (Å²) in [5.41, 5.74) is 2.92. The number of aromatic nitrogens is 3. The molecule has 2 aromatic heterocycles. The lowest BCUT2D eigenvalue weighted by Gasteiger charge is -2.29. The summed E-state index contributed by atoms with van der Waals surface area (Å²) in [6.07, 6.45) is 7.33. The van der Waals surface area contributed by atoms with E-state index < -0.39 is 0 Å². The molecule has 6 heteroatoms. The minimum atomic E-state index is 0.250. The molecule has 156 valence electrons. The Hall–Kier alpha value is -2.24. The van der Waals surface area contributed by atoms with Crippen LogP contribution in [0.4, 0.5) is 0 Å². The van der Waals surface area contributed by atoms with Crippen LogP contribution in [0.25, 0.3) is 11.3 Å². The van der Waals surface area contributed by atoms with Crippen molar-refractivity contribution in [3.05, 3.63) is 29.5 Å². The molecule has 2 fully saturated rings. The number of hydrogen-bond donors (Lipinski definition) is 1. The topological polar surface area (TPSA) is 80.9 Å². The number of carbonyl (C=O) groups is 1. The Labute approximate surface area is 172 Å². The van der Waals surface area contributed by atoms with Crippen LogP contribution in [0, 0.1) is 24.7 Å². The normalized spacial score (nSPS) is 26.5. The molecule has 2 aromatic rings. The smallest absolute Gasteiger partial charge is 0.223 e. The predicted octanol–water partition coefficient (Wildman–Crippen LogP) is 4.61. The fraction of sp³-hybridized carbons (Fsp3) is 0.652. The fourth-order valence-electron chi connectivity index (χ4n) is 4.38. The Balaban J connectivity index is 1.44. The van der Waals surface area contributed by atoms with Crippen LogP contribution >= 0.6 is 0 Å². The number of nitrogens with one attached hydrogen (secondary N) is 1. The lowest BCUT2D eigenvalue weighted by Crippen LogP contribution is -2.32. The van der Waals surface area contributed by atoms with Crippen molar-refractivity contribution >= 4 is 5.91 Å². The van der Waals surface area contributed by atoms with Gasteiger partial charge in [0.15, 0.2) is 5.76 Å². The maximum absolute atomic E-state index is 12.1. The second-order valence-corrected chi connectivity index (χ2v) is 9.30. The van der Waals surface area contributed by atoms with Crippen LogP contribution in [0.15, 0.2) is 16.8 Å². The molecular formula is C23H32N4O2. The van der Waals surface area contributed by atoms with Crippen molar-refractivity contribution < 1.29 is 9.32 Å².